The third-order valence-corrected chi connectivity index (χ3v) is 5.46. The molecule has 0 spiro atoms. The van der Waals surface area contributed by atoms with Crippen molar-refractivity contribution in [1.29, 1.82) is 0 Å². The molecule has 0 radical (unpaired) electrons. The van der Waals surface area contributed by atoms with E-state index < -0.39 is 0 Å². The molecule has 4 aliphatic carbocycles. The minimum Gasteiger partial charge on any atom is -0.393 e. The Morgan fingerprint density at radius 2 is 1.56 bits per heavy atom. The second kappa shape index (κ2) is 4.01. The van der Waals surface area contributed by atoms with Gasteiger partial charge < -0.3 is 5.11 Å². The van der Waals surface area contributed by atoms with Gasteiger partial charge in [0.05, 0.1) is 6.10 Å². The van der Waals surface area contributed by atoms with Crippen molar-refractivity contribution in [3.63, 3.8) is 0 Å². The van der Waals surface area contributed by atoms with E-state index in [1.807, 2.05) is 0 Å². The summed E-state index contributed by atoms with van der Waals surface area (Å²) in [5.41, 5.74) is 0.573. The largest absolute Gasteiger partial charge is 0.393 e. The van der Waals surface area contributed by atoms with Crippen molar-refractivity contribution in [1.82, 2.24) is 0 Å². The van der Waals surface area contributed by atoms with Gasteiger partial charge in [0.25, 0.3) is 0 Å². The fourth-order valence-electron chi connectivity index (χ4n) is 5.48. The normalized spacial score (nSPS) is 47.2. The van der Waals surface area contributed by atoms with Gasteiger partial charge in [-0.2, -0.15) is 0 Å². The maximum Gasteiger partial charge on any atom is 0.0545 e. The Morgan fingerprint density at radius 1 is 1.06 bits per heavy atom. The molecule has 4 fully saturated rings. The fraction of sp³-hybridized carbons (Fsp3) is 1.00. The van der Waals surface area contributed by atoms with Crippen LogP contribution in [0.5, 0.6) is 0 Å². The molecule has 4 saturated carbocycles. The first-order chi connectivity index (χ1) is 7.69. The molecular weight excluding hydrogens is 196 g/mol. The number of aliphatic hydroxyl groups is 1. The van der Waals surface area contributed by atoms with Crippen molar-refractivity contribution in [2.45, 2.75) is 70.8 Å². The molecule has 4 rings (SSSR count). The lowest BCUT2D eigenvalue weighted by molar-refractivity contribution is -0.0766. The van der Waals surface area contributed by atoms with Crippen LogP contribution in [0.15, 0.2) is 0 Å². The molecule has 1 N–H and O–H groups in total. The molecule has 1 nitrogen and oxygen atoms in total. The van der Waals surface area contributed by atoms with Crippen LogP contribution in [0.4, 0.5) is 0 Å². The SMILES string of the molecule is CCCC(O)CC12CC3CC(CC(C3)C1)C2. The summed E-state index contributed by atoms with van der Waals surface area (Å²) in [6, 6.07) is 0. The van der Waals surface area contributed by atoms with Crippen molar-refractivity contribution < 1.29 is 5.11 Å². The van der Waals surface area contributed by atoms with Crippen molar-refractivity contribution in [3.05, 3.63) is 0 Å². The van der Waals surface area contributed by atoms with E-state index in [9.17, 15) is 5.11 Å². The second-order valence-corrected chi connectivity index (χ2v) is 7.06. The summed E-state index contributed by atoms with van der Waals surface area (Å²) in [4.78, 5) is 0. The van der Waals surface area contributed by atoms with Gasteiger partial charge in [-0.05, 0) is 74.5 Å². The number of aliphatic hydroxyl groups excluding tert-OH is 1. The van der Waals surface area contributed by atoms with E-state index in [0.717, 1.165) is 37.0 Å². The molecule has 92 valence electrons. The molecular formula is C15H26O. The van der Waals surface area contributed by atoms with Gasteiger partial charge in [-0.25, -0.2) is 0 Å². The summed E-state index contributed by atoms with van der Waals surface area (Å²) in [5, 5.41) is 10.1. The third kappa shape index (κ3) is 1.92. The van der Waals surface area contributed by atoms with Gasteiger partial charge in [-0.15, -0.1) is 0 Å². The van der Waals surface area contributed by atoms with Crippen LogP contribution < -0.4 is 0 Å². The van der Waals surface area contributed by atoms with Crippen LogP contribution in [0, 0.1) is 23.2 Å². The molecule has 4 aliphatic rings. The van der Waals surface area contributed by atoms with Gasteiger partial charge in [0.15, 0.2) is 0 Å². The summed E-state index contributed by atoms with van der Waals surface area (Å²) in [6.45, 7) is 2.18. The average Bonchev–Trinajstić information content (AvgIpc) is 2.13. The smallest absolute Gasteiger partial charge is 0.0545 e. The Balaban J connectivity index is 1.68. The highest BCUT2D eigenvalue weighted by Crippen LogP contribution is 2.61. The molecule has 0 heterocycles. The molecule has 0 saturated heterocycles. The minimum absolute atomic E-state index is 0.0127. The van der Waals surface area contributed by atoms with E-state index in [1.54, 1.807) is 0 Å². The Hall–Kier alpha value is -0.0400. The lowest BCUT2D eigenvalue weighted by atomic mass is 9.48. The van der Waals surface area contributed by atoms with Crippen molar-refractivity contribution in [3.8, 4) is 0 Å². The van der Waals surface area contributed by atoms with Gasteiger partial charge in [0.2, 0.25) is 0 Å². The summed E-state index contributed by atoms with van der Waals surface area (Å²) < 4.78 is 0. The van der Waals surface area contributed by atoms with Gasteiger partial charge in [0, 0.05) is 0 Å². The quantitative estimate of drug-likeness (QED) is 0.768. The number of hydrogen-bond acceptors (Lipinski definition) is 1. The molecule has 0 aromatic heterocycles. The van der Waals surface area contributed by atoms with Gasteiger partial charge in [-0.3, -0.25) is 0 Å². The fourth-order valence-corrected chi connectivity index (χ4v) is 5.48. The van der Waals surface area contributed by atoms with Crippen LogP contribution in [0.25, 0.3) is 0 Å². The molecule has 0 aromatic carbocycles. The van der Waals surface area contributed by atoms with E-state index in [1.165, 1.54) is 38.5 Å². The summed E-state index contributed by atoms with van der Waals surface area (Å²) in [7, 11) is 0. The Labute approximate surface area is 99.6 Å². The molecule has 0 amide bonds. The van der Waals surface area contributed by atoms with Gasteiger partial charge in [0.1, 0.15) is 0 Å². The van der Waals surface area contributed by atoms with Crippen molar-refractivity contribution in [2.75, 3.05) is 0 Å². The van der Waals surface area contributed by atoms with E-state index in [4.69, 9.17) is 0 Å². The Bertz CT molecular complexity index is 223. The van der Waals surface area contributed by atoms with E-state index in [2.05, 4.69) is 6.92 Å². The average molecular weight is 222 g/mol. The highest BCUT2D eigenvalue weighted by molar-refractivity contribution is 5.01. The molecule has 1 heteroatoms. The summed E-state index contributed by atoms with van der Waals surface area (Å²) >= 11 is 0. The lowest BCUT2D eigenvalue weighted by Gasteiger charge is -2.57. The van der Waals surface area contributed by atoms with Crippen molar-refractivity contribution >= 4 is 0 Å². The van der Waals surface area contributed by atoms with E-state index in [0.29, 0.717) is 5.41 Å². The zero-order valence-corrected chi connectivity index (χ0v) is 10.6. The maximum absolute atomic E-state index is 10.1. The standard InChI is InChI=1S/C15H26O/c1-2-3-14(16)10-15-7-11-4-12(8-15)6-13(5-11)9-15/h11-14,16H,2-10H2,1H3. The van der Waals surface area contributed by atoms with Crippen LogP contribution in [0.2, 0.25) is 0 Å². The molecule has 1 unspecified atom stereocenters. The maximum atomic E-state index is 10.1. The molecule has 0 aliphatic heterocycles. The first-order valence-electron chi connectivity index (χ1n) is 7.37. The molecule has 0 aromatic rings. The predicted octanol–water partition coefficient (Wildman–Crippen LogP) is 3.75. The van der Waals surface area contributed by atoms with Gasteiger partial charge in [-0.1, -0.05) is 13.3 Å². The monoisotopic (exact) mass is 222 g/mol. The van der Waals surface area contributed by atoms with Crippen LogP contribution in [0.1, 0.15) is 64.7 Å². The van der Waals surface area contributed by atoms with Crippen LogP contribution in [0.3, 0.4) is 0 Å². The predicted molar refractivity (Wildman–Crippen MR) is 66.1 cm³/mol. The van der Waals surface area contributed by atoms with Crippen LogP contribution in [-0.2, 0) is 0 Å². The Morgan fingerprint density at radius 3 is 2.00 bits per heavy atom. The zero-order chi connectivity index (χ0) is 11.2. The topological polar surface area (TPSA) is 20.2 Å². The number of rotatable bonds is 4. The van der Waals surface area contributed by atoms with E-state index in [-0.39, 0.29) is 6.10 Å². The first-order valence-corrected chi connectivity index (χ1v) is 7.37. The Kier molecular flexibility index (Phi) is 2.78. The molecule has 4 bridgehead atoms. The summed E-state index contributed by atoms with van der Waals surface area (Å²) in [6.07, 6.45) is 12.1. The van der Waals surface area contributed by atoms with Crippen LogP contribution >= 0.6 is 0 Å². The number of hydrogen-bond donors (Lipinski definition) is 1. The zero-order valence-electron chi connectivity index (χ0n) is 10.6. The molecule has 1 atom stereocenters. The summed E-state index contributed by atoms with van der Waals surface area (Å²) in [5.74, 6) is 3.08. The van der Waals surface area contributed by atoms with Gasteiger partial charge >= 0.3 is 0 Å². The minimum atomic E-state index is -0.0127. The lowest BCUT2D eigenvalue weighted by Crippen LogP contribution is -2.47. The first kappa shape index (κ1) is 11.1. The van der Waals surface area contributed by atoms with Crippen molar-refractivity contribution in [2.24, 2.45) is 23.2 Å². The third-order valence-electron chi connectivity index (χ3n) is 5.46. The highest BCUT2D eigenvalue weighted by Gasteiger charge is 2.51. The highest BCUT2D eigenvalue weighted by atomic mass is 16.3. The second-order valence-electron chi connectivity index (χ2n) is 7.06. The van der Waals surface area contributed by atoms with Crippen LogP contribution in [-0.4, -0.2) is 11.2 Å². The molecule has 16 heavy (non-hydrogen) atoms. The van der Waals surface area contributed by atoms with E-state index >= 15 is 0 Å².